The van der Waals surface area contributed by atoms with Gasteiger partial charge in [0.25, 0.3) is 0 Å². The van der Waals surface area contributed by atoms with Gasteiger partial charge < -0.3 is 5.11 Å². The summed E-state index contributed by atoms with van der Waals surface area (Å²) in [5.74, 6) is -0.944. The quantitative estimate of drug-likeness (QED) is 0.485. The van der Waals surface area contributed by atoms with Gasteiger partial charge in [0.2, 0.25) is 0 Å². The lowest BCUT2D eigenvalue weighted by Crippen LogP contribution is -2.00. The third kappa shape index (κ3) is 3.27. The fraction of sp³-hybridized carbons (Fsp3) is 0.111. The maximum absolute atomic E-state index is 10.9. The normalized spacial score (nSPS) is 11.7. The number of carboxylic acid groups (broad SMARTS) is 1. The molecule has 0 aliphatic carbocycles. The van der Waals surface area contributed by atoms with Gasteiger partial charge in [-0.1, -0.05) is 11.6 Å². The van der Waals surface area contributed by atoms with Crippen molar-refractivity contribution in [2.75, 3.05) is 5.43 Å². The molecule has 4 nitrogen and oxygen atoms in total. The molecule has 0 saturated carbocycles. The number of fused-ring (bicyclic) bond motifs is 1. The van der Waals surface area contributed by atoms with E-state index in [0.717, 1.165) is 32.2 Å². The fourth-order valence-electron chi connectivity index (χ4n) is 2.42. The zero-order valence-corrected chi connectivity index (χ0v) is 14.7. The maximum atomic E-state index is 10.9. The van der Waals surface area contributed by atoms with E-state index in [0.29, 0.717) is 0 Å². The predicted octanol–water partition coefficient (Wildman–Crippen LogP) is 5.40. The molecule has 24 heavy (non-hydrogen) atoms. The Hall–Kier alpha value is -2.37. The van der Waals surface area contributed by atoms with Gasteiger partial charge in [-0.25, -0.2) is 4.79 Å². The van der Waals surface area contributed by atoms with Crippen LogP contribution in [0.3, 0.4) is 0 Å². The highest BCUT2D eigenvalue weighted by atomic mass is 35.5. The van der Waals surface area contributed by atoms with Crippen molar-refractivity contribution in [3.05, 3.63) is 63.5 Å². The monoisotopic (exact) mass is 358 g/mol. The first-order chi connectivity index (χ1) is 11.5. The largest absolute Gasteiger partial charge is 0.478 e. The van der Waals surface area contributed by atoms with Crippen LogP contribution in [-0.4, -0.2) is 16.8 Å². The molecule has 1 heterocycles. The Balaban J connectivity index is 1.85. The number of hydrogen-bond donors (Lipinski definition) is 2. The van der Waals surface area contributed by atoms with Crippen LogP contribution in [0.1, 0.15) is 27.7 Å². The molecule has 3 aromatic rings. The highest BCUT2D eigenvalue weighted by molar-refractivity contribution is 7.21. The van der Waals surface area contributed by atoms with Crippen molar-refractivity contribution in [2.24, 2.45) is 5.10 Å². The number of carbonyl (C=O) groups is 1. The first-order valence-electron chi connectivity index (χ1n) is 7.28. The maximum Gasteiger partial charge on any atom is 0.335 e. The summed E-state index contributed by atoms with van der Waals surface area (Å²) in [6.07, 6.45) is 0. The fourth-order valence-corrected chi connectivity index (χ4v) is 3.73. The molecular formula is C18H15ClN2O2S. The number of anilines is 1. The van der Waals surface area contributed by atoms with E-state index in [2.05, 4.69) is 17.5 Å². The summed E-state index contributed by atoms with van der Waals surface area (Å²) in [6, 6.07) is 12.3. The number of aromatic carboxylic acids is 1. The molecule has 6 heteroatoms. The van der Waals surface area contributed by atoms with Crippen LogP contribution < -0.4 is 5.43 Å². The topological polar surface area (TPSA) is 61.7 Å². The molecule has 0 saturated heterocycles. The zero-order chi connectivity index (χ0) is 17.3. The zero-order valence-electron chi connectivity index (χ0n) is 13.1. The van der Waals surface area contributed by atoms with E-state index >= 15 is 0 Å². The standard InChI is InChI=1S/C18H15ClN2O2S/c1-10-15-9-13(19)5-8-16(15)24-17(10)11(2)20-21-14-6-3-12(4-7-14)18(22)23/h3-9,21H,1-2H3,(H,22,23)/b20-11+. The summed E-state index contributed by atoms with van der Waals surface area (Å²) in [6.45, 7) is 4.00. The molecule has 3 rings (SSSR count). The Kier molecular flexibility index (Phi) is 4.55. The van der Waals surface area contributed by atoms with Crippen LogP contribution in [-0.2, 0) is 0 Å². The number of benzene rings is 2. The van der Waals surface area contributed by atoms with Crippen molar-refractivity contribution >= 4 is 50.4 Å². The van der Waals surface area contributed by atoms with E-state index < -0.39 is 5.97 Å². The van der Waals surface area contributed by atoms with Crippen molar-refractivity contribution in [2.45, 2.75) is 13.8 Å². The molecule has 0 atom stereocenters. The number of halogens is 1. The number of nitrogens with one attached hydrogen (secondary N) is 1. The molecule has 0 spiro atoms. The molecule has 2 N–H and O–H groups in total. The first-order valence-corrected chi connectivity index (χ1v) is 8.48. The van der Waals surface area contributed by atoms with Gasteiger partial charge in [0, 0.05) is 9.72 Å². The van der Waals surface area contributed by atoms with E-state index in [1.165, 1.54) is 4.70 Å². The molecule has 0 unspecified atom stereocenters. The average molecular weight is 359 g/mol. The third-order valence-electron chi connectivity index (χ3n) is 3.71. The minimum atomic E-state index is -0.944. The van der Waals surface area contributed by atoms with Gasteiger partial charge in [-0.15, -0.1) is 11.3 Å². The Labute approximate surface area is 148 Å². The number of hydrazone groups is 1. The molecule has 0 aliphatic heterocycles. The van der Waals surface area contributed by atoms with Crippen molar-refractivity contribution in [1.82, 2.24) is 0 Å². The minimum Gasteiger partial charge on any atom is -0.478 e. The molecule has 0 fully saturated rings. The summed E-state index contributed by atoms with van der Waals surface area (Å²) in [7, 11) is 0. The highest BCUT2D eigenvalue weighted by Crippen LogP contribution is 2.33. The molecule has 2 aromatic carbocycles. The summed E-state index contributed by atoms with van der Waals surface area (Å²) in [5, 5.41) is 15.2. The van der Waals surface area contributed by atoms with Gasteiger partial charge in [0.1, 0.15) is 0 Å². The van der Waals surface area contributed by atoms with Crippen LogP contribution in [0.4, 0.5) is 5.69 Å². The molecular weight excluding hydrogens is 344 g/mol. The van der Waals surface area contributed by atoms with E-state index in [1.807, 2.05) is 25.1 Å². The lowest BCUT2D eigenvalue weighted by molar-refractivity contribution is 0.0697. The Morgan fingerprint density at radius 1 is 1.21 bits per heavy atom. The van der Waals surface area contributed by atoms with Crippen molar-refractivity contribution < 1.29 is 9.90 Å². The van der Waals surface area contributed by atoms with Crippen LogP contribution in [0.2, 0.25) is 5.02 Å². The SMILES string of the molecule is C/C(=N\Nc1ccc(C(=O)O)cc1)c1sc2ccc(Cl)cc2c1C. The van der Waals surface area contributed by atoms with Gasteiger partial charge in [-0.2, -0.15) is 5.10 Å². The molecule has 122 valence electrons. The second-order valence-electron chi connectivity index (χ2n) is 5.39. The average Bonchev–Trinajstić information content (AvgIpc) is 2.89. The number of hydrogen-bond acceptors (Lipinski definition) is 4. The Morgan fingerprint density at radius 2 is 1.92 bits per heavy atom. The van der Waals surface area contributed by atoms with Gasteiger partial charge >= 0.3 is 5.97 Å². The van der Waals surface area contributed by atoms with Crippen molar-refractivity contribution in [3.63, 3.8) is 0 Å². The Morgan fingerprint density at radius 3 is 2.58 bits per heavy atom. The summed E-state index contributed by atoms with van der Waals surface area (Å²) < 4.78 is 1.17. The lowest BCUT2D eigenvalue weighted by atomic mass is 10.1. The van der Waals surface area contributed by atoms with Gasteiger partial charge in [0.15, 0.2) is 0 Å². The summed E-state index contributed by atoms with van der Waals surface area (Å²) in [4.78, 5) is 12.0. The van der Waals surface area contributed by atoms with Crippen molar-refractivity contribution in [1.29, 1.82) is 0 Å². The van der Waals surface area contributed by atoms with Crippen LogP contribution in [0.25, 0.3) is 10.1 Å². The number of nitrogens with zero attached hydrogens (tertiary/aromatic N) is 1. The summed E-state index contributed by atoms with van der Waals surface area (Å²) in [5.41, 5.74) is 5.98. The number of rotatable bonds is 4. The van der Waals surface area contributed by atoms with Crippen LogP contribution >= 0.6 is 22.9 Å². The van der Waals surface area contributed by atoms with E-state index in [4.69, 9.17) is 16.7 Å². The lowest BCUT2D eigenvalue weighted by Gasteiger charge is -2.03. The van der Waals surface area contributed by atoms with Crippen molar-refractivity contribution in [3.8, 4) is 0 Å². The first kappa shape index (κ1) is 16.5. The second-order valence-corrected chi connectivity index (χ2v) is 6.88. The van der Waals surface area contributed by atoms with Gasteiger partial charge in [-0.3, -0.25) is 5.43 Å². The molecule has 1 aromatic heterocycles. The molecule has 0 amide bonds. The number of carboxylic acids is 1. The Bertz CT molecular complexity index is 946. The van der Waals surface area contributed by atoms with E-state index in [1.54, 1.807) is 35.6 Å². The number of thiophene rings is 1. The smallest absolute Gasteiger partial charge is 0.335 e. The second kappa shape index (κ2) is 6.63. The van der Waals surface area contributed by atoms with Crippen LogP contribution in [0.5, 0.6) is 0 Å². The minimum absolute atomic E-state index is 0.249. The molecule has 0 aliphatic rings. The van der Waals surface area contributed by atoms with Crippen LogP contribution in [0.15, 0.2) is 47.6 Å². The van der Waals surface area contributed by atoms with E-state index in [-0.39, 0.29) is 5.56 Å². The van der Waals surface area contributed by atoms with Gasteiger partial charge in [-0.05, 0) is 67.3 Å². The number of aryl methyl sites for hydroxylation is 1. The van der Waals surface area contributed by atoms with Gasteiger partial charge in [0.05, 0.1) is 21.8 Å². The molecule has 0 bridgehead atoms. The third-order valence-corrected chi connectivity index (χ3v) is 5.33. The predicted molar refractivity (Wildman–Crippen MR) is 101 cm³/mol. The summed E-state index contributed by atoms with van der Waals surface area (Å²) >= 11 is 7.75. The van der Waals surface area contributed by atoms with E-state index in [9.17, 15) is 4.79 Å². The highest BCUT2D eigenvalue weighted by Gasteiger charge is 2.11. The molecule has 0 radical (unpaired) electrons. The van der Waals surface area contributed by atoms with Crippen LogP contribution in [0, 0.1) is 6.92 Å².